The molecule has 0 spiro atoms. The van der Waals surface area contributed by atoms with E-state index in [9.17, 15) is 13.2 Å². The minimum absolute atomic E-state index is 0.0181. The number of benzene rings is 2. The highest BCUT2D eigenvalue weighted by atomic mass is 32.2. The van der Waals surface area contributed by atoms with Crippen molar-refractivity contribution in [1.29, 1.82) is 0 Å². The molecule has 1 aliphatic carbocycles. The van der Waals surface area contributed by atoms with Gasteiger partial charge in [-0.3, -0.25) is 4.79 Å². The molecule has 0 unspecified atom stereocenters. The highest BCUT2D eigenvalue weighted by Gasteiger charge is 2.28. The van der Waals surface area contributed by atoms with Crippen molar-refractivity contribution < 1.29 is 17.9 Å². The van der Waals surface area contributed by atoms with E-state index in [1.54, 1.807) is 55.6 Å². The van der Waals surface area contributed by atoms with Crippen LogP contribution in [-0.2, 0) is 10.0 Å². The monoisotopic (exact) mass is 430 g/mol. The number of anilines is 1. The van der Waals surface area contributed by atoms with Gasteiger partial charge >= 0.3 is 0 Å². The summed E-state index contributed by atoms with van der Waals surface area (Å²) in [6, 6.07) is 13.4. The average molecular weight is 431 g/mol. The maximum Gasteiger partial charge on any atom is 0.255 e. The van der Waals surface area contributed by atoms with Gasteiger partial charge < -0.3 is 10.1 Å². The second kappa shape index (κ2) is 9.62. The second-order valence-electron chi connectivity index (χ2n) is 7.99. The van der Waals surface area contributed by atoms with Crippen molar-refractivity contribution in [3.8, 4) is 5.75 Å². The minimum atomic E-state index is -3.55. The number of rotatable bonds is 7. The summed E-state index contributed by atoms with van der Waals surface area (Å²) in [5.41, 5.74) is 1.01. The van der Waals surface area contributed by atoms with Crippen LogP contribution in [0.15, 0.2) is 53.4 Å². The maximum absolute atomic E-state index is 12.9. The van der Waals surface area contributed by atoms with E-state index in [4.69, 9.17) is 4.74 Å². The predicted octanol–water partition coefficient (Wildman–Crippen LogP) is 4.68. The van der Waals surface area contributed by atoms with Crippen LogP contribution in [0.1, 0.15) is 56.3 Å². The van der Waals surface area contributed by atoms with E-state index in [0.717, 1.165) is 25.7 Å². The van der Waals surface area contributed by atoms with Gasteiger partial charge in [0.1, 0.15) is 5.75 Å². The Labute approximate surface area is 179 Å². The lowest BCUT2D eigenvalue weighted by Gasteiger charge is -2.30. The zero-order valence-corrected chi connectivity index (χ0v) is 18.6. The van der Waals surface area contributed by atoms with Crippen LogP contribution < -0.4 is 10.1 Å². The molecule has 1 fully saturated rings. The lowest BCUT2D eigenvalue weighted by molar-refractivity contribution is 0.102. The molecule has 0 bridgehead atoms. The highest BCUT2D eigenvalue weighted by molar-refractivity contribution is 7.89. The second-order valence-corrected chi connectivity index (χ2v) is 9.98. The topological polar surface area (TPSA) is 75.7 Å². The molecular weight excluding hydrogens is 400 g/mol. The van der Waals surface area contributed by atoms with Crippen molar-refractivity contribution in [3.05, 3.63) is 54.1 Å². The third-order valence-electron chi connectivity index (χ3n) is 5.35. The molecule has 2 aromatic rings. The van der Waals surface area contributed by atoms with Crippen molar-refractivity contribution in [3.63, 3.8) is 0 Å². The Morgan fingerprint density at radius 3 is 2.37 bits per heavy atom. The summed E-state index contributed by atoms with van der Waals surface area (Å²) >= 11 is 0. The van der Waals surface area contributed by atoms with Crippen LogP contribution in [-0.4, -0.2) is 37.8 Å². The first-order chi connectivity index (χ1) is 14.3. The van der Waals surface area contributed by atoms with E-state index in [-0.39, 0.29) is 22.9 Å². The number of sulfonamides is 1. The summed E-state index contributed by atoms with van der Waals surface area (Å²) in [5.74, 6) is 0.351. The number of carbonyl (C=O) groups excluding carboxylic acids is 1. The molecule has 1 N–H and O–H groups in total. The number of amides is 1. The number of hydrogen-bond acceptors (Lipinski definition) is 4. The Kier molecular flexibility index (Phi) is 7.15. The molecule has 2 aromatic carbocycles. The zero-order chi connectivity index (χ0) is 21.7. The standard InChI is InChI=1S/C23H30N2O4S/c1-17(2)29-21-11-7-8-18(16-21)23(26)24-19-12-14-22(15-13-19)30(27,28)25(3)20-9-5-4-6-10-20/h7-8,11-17,20H,4-6,9-10H2,1-3H3,(H,24,26). The average Bonchev–Trinajstić information content (AvgIpc) is 2.74. The summed E-state index contributed by atoms with van der Waals surface area (Å²) in [5, 5.41) is 2.81. The third kappa shape index (κ3) is 5.40. The van der Waals surface area contributed by atoms with E-state index in [2.05, 4.69) is 5.32 Å². The first-order valence-electron chi connectivity index (χ1n) is 10.4. The van der Waals surface area contributed by atoms with Gasteiger partial charge in [-0.05, 0) is 69.2 Å². The number of carbonyl (C=O) groups is 1. The molecule has 1 saturated carbocycles. The number of nitrogens with one attached hydrogen (secondary N) is 1. The Balaban J connectivity index is 1.69. The zero-order valence-electron chi connectivity index (χ0n) is 17.8. The van der Waals surface area contributed by atoms with Gasteiger partial charge in [-0.1, -0.05) is 25.3 Å². The molecule has 0 aromatic heterocycles. The van der Waals surface area contributed by atoms with Crippen LogP contribution in [0.4, 0.5) is 5.69 Å². The summed E-state index contributed by atoms with van der Waals surface area (Å²) in [7, 11) is -1.89. The van der Waals surface area contributed by atoms with E-state index >= 15 is 0 Å². The van der Waals surface area contributed by atoms with E-state index in [1.165, 1.54) is 10.7 Å². The quantitative estimate of drug-likeness (QED) is 0.692. The number of ether oxygens (including phenoxy) is 1. The van der Waals surface area contributed by atoms with Gasteiger partial charge in [-0.25, -0.2) is 8.42 Å². The molecular formula is C23H30N2O4S. The number of nitrogens with zero attached hydrogens (tertiary/aromatic N) is 1. The molecule has 0 radical (unpaired) electrons. The van der Waals surface area contributed by atoms with E-state index in [0.29, 0.717) is 17.0 Å². The van der Waals surface area contributed by atoms with Gasteiger partial charge in [-0.15, -0.1) is 0 Å². The van der Waals surface area contributed by atoms with Crippen LogP contribution in [0.25, 0.3) is 0 Å². The van der Waals surface area contributed by atoms with Crippen LogP contribution in [0, 0.1) is 0 Å². The smallest absolute Gasteiger partial charge is 0.255 e. The number of hydrogen-bond donors (Lipinski definition) is 1. The first-order valence-corrected chi connectivity index (χ1v) is 11.9. The maximum atomic E-state index is 12.9. The minimum Gasteiger partial charge on any atom is -0.491 e. The van der Waals surface area contributed by atoms with E-state index in [1.807, 2.05) is 13.8 Å². The normalized spacial score (nSPS) is 15.4. The van der Waals surface area contributed by atoms with Crippen molar-refractivity contribution in [1.82, 2.24) is 4.31 Å². The van der Waals surface area contributed by atoms with Crippen molar-refractivity contribution in [2.75, 3.05) is 12.4 Å². The molecule has 0 saturated heterocycles. The molecule has 30 heavy (non-hydrogen) atoms. The van der Waals surface area contributed by atoms with E-state index < -0.39 is 10.0 Å². The fourth-order valence-electron chi connectivity index (χ4n) is 3.70. The van der Waals surface area contributed by atoms with Gasteiger partial charge in [0.25, 0.3) is 5.91 Å². The predicted molar refractivity (Wildman–Crippen MR) is 118 cm³/mol. The molecule has 0 heterocycles. The molecule has 162 valence electrons. The summed E-state index contributed by atoms with van der Waals surface area (Å²) in [4.78, 5) is 12.8. The molecule has 1 aliphatic rings. The van der Waals surface area contributed by atoms with Gasteiger partial charge in [-0.2, -0.15) is 4.31 Å². The van der Waals surface area contributed by atoms with Gasteiger partial charge in [0.05, 0.1) is 11.0 Å². The lowest BCUT2D eigenvalue weighted by atomic mass is 9.96. The van der Waals surface area contributed by atoms with Crippen molar-refractivity contribution in [2.24, 2.45) is 0 Å². The molecule has 3 rings (SSSR count). The van der Waals surface area contributed by atoms with Crippen LogP contribution >= 0.6 is 0 Å². The molecule has 0 atom stereocenters. The van der Waals surface area contributed by atoms with Crippen LogP contribution in [0.5, 0.6) is 5.75 Å². The fraction of sp³-hybridized carbons (Fsp3) is 0.435. The Hall–Kier alpha value is -2.38. The van der Waals surface area contributed by atoms with Crippen LogP contribution in [0.2, 0.25) is 0 Å². The largest absolute Gasteiger partial charge is 0.491 e. The van der Waals surface area contributed by atoms with Gasteiger partial charge in [0.15, 0.2) is 0 Å². The summed E-state index contributed by atoms with van der Waals surface area (Å²) in [6.45, 7) is 3.85. The molecule has 0 aliphatic heterocycles. The Bertz CT molecular complexity index is 965. The molecule has 1 amide bonds. The highest BCUT2D eigenvalue weighted by Crippen LogP contribution is 2.27. The Morgan fingerprint density at radius 1 is 1.07 bits per heavy atom. The lowest BCUT2D eigenvalue weighted by Crippen LogP contribution is -2.38. The van der Waals surface area contributed by atoms with Crippen molar-refractivity contribution >= 4 is 21.6 Å². The van der Waals surface area contributed by atoms with Crippen molar-refractivity contribution in [2.45, 2.75) is 63.0 Å². The van der Waals surface area contributed by atoms with Gasteiger partial charge in [0, 0.05) is 24.3 Å². The van der Waals surface area contributed by atoms with Gasteiger partial charge in [0.2, 0.25) is 10.0 Å². The molecule has 6 nitrogen and oxygen atoms in total. The summed E-state index contributed by atoms with van der Waals surface area (Å²) < 4.78 is 33.0. The third-order valence-corrected chi connectivity index (χ3v) is 7.27. The Morgan fingerprint density at radius 2 is 1.73 bits per heavy atom. The SMILES string of the molecule is CC(C)Oc1cccc(C(=O)Nc2ccc(S(=O)(=O)N(C)C3CCCCC3)cc2)c1. The van der Waals surface area contributed by atoms with Crippen LogP contribution in [0.3, 0.4) is 0 Å². The molecule has 7 heteroatoms. The fourth-order valence-corrected chi connectivity index (χ4v) is 5.12. The summed E-state index contributed by atoms with van der Waals surface area (Å²) in [6.07, 6.45) is 5.14. The first kappa shape index (κ1) is 22.3.